The van der Waals surface area contributed by atoms with Crippen molar-refractivity contribution in [1.29, 1.82) is 0 Å². The van der Waals surface area contributed by atoms with Crippen LogP contribution in [0.25, 0.3) is 0 Å². The van der Waals surface area contributed by atoms with E-state index in [0.29, 0.717) is 33.7 Å². The topological polar surface area (TPSA) is 86.8 Å². The lowest BCUT2D eigenvalue weighted by Gasteiger charge is -2.33. The number of anilines is 1. The average molecular weight is 635 g/mol. The molecule has 1 atom stereocenters. The number of unbranched alkanes of at least 4 members (excludes halogenated alkanes) is 1. The van der Waals surface area contributed by atoms with Gasteiger partial charge in [-0.2, -0.15) is 0 Å². The molecular weight excluding hydrogens is 602 g/mol. The largest absolute Gasteiger partial charge is 0.354 e. The van der Waals surface area contributed by atoms with Crippen LogP contribution in [0.2, 0.25) is 5.02 Å². The van der Waals surface area contributed by atoms with Crippen LogP contribution in [-0.2, 0) is 26.2 Å². The highest BCUT2D eigenvalue weighted by Crippen LogP contribution is 2.27. The summed E-state index contributed by atoms with van der Waals surface area (Å²) in [5.74, 6) is -0.807. The maximum atomic E-state index is 14.0. The van der Waals surface area contributed by atoms with Gasteiger partial charge in [-0.25, -0.2) is 8.42 Å². The van der Waals surface area contributed by atoms with E-state index in [1.165, 1.54) is 17.0 Å². The summed E-state index contributed by atoms with van der Waals surface area (Å²) in [6.07, 6.45) is 2.07. The summed E-state index contributed by atoms with van der Waals surface area (Å²) < 4.78 is 29.3. The second-order valence-electron chi connectivity index (χ2n) is 8.99. The van der Waals surface area contributed by atoms with Crippen molar-refractivity contribution in [3.63, 3.8) is 0 Å². The lowest BCUT2D eigenvalue weighted by molar-refractivity contribution is -0.140. The second-order valence-corrected chi connectivity index (χ2v) is 12.2. The van der Waals surface area contributed by atoms with E-state index in [1.807, 2.05) is 13.8 Å². The Balaban J connectivity index is 2.03. The molecule has 0 fully saturated rings. The molecule has 0 aliphatic rings. The zero-order valence-electron chi connectivity index (χ0n) is 22.0. The number of nitrogens with zero attached hydrogens (tertiary/aromatic N) is 2. The van der Waals surface area contributed by atoms with Crippen molar-refractivity contribution in [2.45, 2.75) is 50.6 Å². The van der Waals surface area contributed by atoms with Crippen LogP contribution in [0.15, 0.2) is 88.2 Å². The van der Waals surface area contributed by atoms with Gasteiger partial charge in [0.2, 0.25) is 11.8 Å². The van der Waals surface area contributed by atoms with Gasteiger partial charge in [0, 0.05) is 22.6 Å². The minimum atomic E-state index is -4.11. The number of rotatable bonds is 13. The van der Waals surface area contributed by atoms with Gasteiger partial charge in [-0.15, -0.1) is 0 Å². The number of benzene rings is 3. The summed E-state index contributed by atoms with van der Waals surface area (Å²) in [5, 5.41) is 3.37. The van der Waals surface area contributed by atoms with Crippen LogP contribution in [0.1, 0.15) is 38.7 Å². The molecule has 2 amide bonds. The van der Waals surface area contributed by atoms with Crippen LogP contribution in [-0.4, -0.2) is 44.3 Å². The van der Waals surface area contributed by atoms with E-state index in [2.05, 4.69) is 21.2 Å². The highest BCUT2D eigenvalue weighted by molar-refractivity contribution is 9.10. The van der Waals surface area contributed by atoms with E-state index in [4.69, 9.17) is 11.6 Å². The fraction of sp³-hybridized carbons (Fsp3) is 0.310. The van der Waals surface area contributed by atoms with Crippen LogP contribution < -0.4 is 9.62 Å². The van der Waals surface area contributed by atoms with Gasteiger partial charge < -0.3 is 10.2 Å². The van der Waals surface area contributed by atoms with Crippen molar-refractivity contribution >= 4 is 55.1 Å². The van der Waals surface area contributed by atoms with Gasteiger partial charge in [-0.05, 0) is 54.8 Å². The van der Waals surface area contributed by atoms with E-state index in [9.17, 15) is 18.0 Å². The maximum absolute atomic E-state index is 14.0. The van der Waals surface area contributed by atoms with E-state index in [0.717, 1.165) is 17.1 Å². The summed E-state index contributed by atoms with van der Waals surface area (Å²) >= 11 is 9.82. The molecule has 0 unspecified atom stereocenters. The molecule has 0 aromatic heterocycles. The van der Waals surface area contributed by atoms with Crippen LogP contribution in [0.5, 0.6) is 0 Å². The molecule has 3 rings (SSSR count). The Labute approximate surface area is 244 Å². The molecule has 0 saturated carbocycles. The Hall–Kier alpha value is -2.88. The van der Waals surface area contributed by atoms with Crippen molar-refractivity contribution in [3.05, 3.63) is 93.9 Å². The lowest BCUT2D eigenvalue weighted by atomic mass is 10.1. The Kier molecular flexibility index (Phi) is 11.4. The zero-order chi connectivity index (χ0) is 28.4. The van der Waals surface area contributed by atoms with E-state index in [1.54, 1.807) is 66.7 Å². The Morgan fingerprint density at radius 3 is 2.31 bits per heavy atom. The third-order valence-electron chi connectivity index (χ3n) is 6.22. The van der Waals surface area contributed by atoms with E-state index < -0.39 is 28.5 Å². The van der Waals surface area contributed by atoms with Gasteiger partial charge in [-0.3, -0.25) is 13.9 Å². The number of hydrogen-bond acceptors (Lipinski definition) is 4. The average Bonchev–Trinajstić information content (AvgIpc) is 2.93. The smallest absolute Gasteiger partial charge is 0.264 e. The summed E-state index contributed by atoms with van der Waals surface area (Å²) in [6.45, 7) is 3.89. The molecule has 0 spiro atoms. The van der Waals surface area contributed by atoms with Crippen molar-refractivity contribution < 1.29 is 18.0 Å². The van der Waals surface area contributed by atoms with Gasteiger partial charge in [-0.1, -0.05) is 90.3 Å². The third kappa shape index (κ3) is 8.06. The van der Waals surface area contributed by atoms with Gasteiger partial charge in [0.25, 0.3) is 10.0 Å². The van der Waals surface area contributed by atoms with Crippen LogP contribution >= 0.6 is 27.5 Å². The second kappa shape index (κ2) is 14.5. The summed E-state index contributed by atoms with van der Waals surface area (Å²) in [6, 6.07) is 21.0. The molecule has 0 aliphatic carbocycles. The van der Waals surface area contributed by atoms with Crippen molar-refractivity contribution in [1.82, 2.24) is 10.2 Å². The molecule has 3 aromatic carbocycles. The molecule has 10 heteroatoms. The quantitative estimate of drug-likeness (QED) is 0.233. The van der Waals surface area contributed by atoms with Crippen LogP contribution in [0.4, 0.5) is 5.69 Å². The first-order valence-corrected chi connectivity index (χ1v) is 15.4. The normalized spacial score (nSPS) is 12.0. The minimum Gasteiger partial charge on any atom is -0.354 e. The van der Waals surface area contributed by atoms with Crippen LogP contribution in [0.3, 0.4) is 0 Å². The first-order chi connectivity index (χ1) is 18.7. The molecule has 7 nitrogen and oxygen atoms in total. The zero-order valence-corrected chi connectivity index (χ0v) is 25.2. The van der Waals surface area contributed by atoms with Crippen LogP contribution in [0, 0.1) is 0 Å². The first kappa shape index (κ1) is 30.7. The summed E-state index contributed by atoms with van der Waals surface area (Å²) in [7, 11) is -4.11. The number of sulfonamides is 1. The predicted octanol–water partition coefficient (Wildman–Crippen LogP) is 6.02. The molecule has 0 aliphatic heterocycles. The fourth-order valence-corrected chi connectivity index (χ4v) is 6.13. The van der Waals surface area contributed by atoms with Gasteiger partial charge in [0.1, 0.15) is 12.6 Å². The maximum Gasteiger partial charge on any atom is 0.264 e. The standard InChI is InChI=1S/C29H33BrClN3O4S/c1-3-5-18-32-29(36)27(4-2)33(20-22-12-9-10-17-26(22)31)28(35)21-34(24-14-11-13-23(30)19-24)39(37,38)25-15-7-6-8-16-25/h6-17,19,27H,3-5,18,20-21H2,1-2H3,(H,32,36)/t27-/m1/s1. The van der Waals surface area contributed by atoms with Crippen molar-refractivity contribution in [2.75, 3.05) is 17.4 Å². The van der Waals surface area contributed by atoms with E-state index >= 15 is 0 Å². The molecule has 0 bridgehead atoms. The van der Waals surface area contributed by atoms with Gasteiger partial charge >= 0.3 is 0 Å². The summed E-state index contributed by atoms with van der Waals surface area (Å²) in [4.78, 5) is 28.7. The first-order valence-electron chi connectivity index (χ1n) is 12.8. The van der Waals surface area contributed by atoms with Crippen molar-refractivity contribution in [2.24, 2.45) is 0 Å². The Morgan fingerprint density at radius 2 is 1.67 bits per heavy atom. The number of halogens is 2. The Morgan fingerprint density at radius 1 is 0.974 bits per heavy atom. The van der Waals surface area contributed by atoms with E-state index in [-0.39, 0.29) is 17.3 Å². The monoisotopic (exact) mass is 633 g/mol. The minimum absolute atomic E-state index is 0.0515. The highest BCUT2D eigenvalue weighted by atomic mass is 79.9. The molecule has 208 valence electrons. The number of amides is 2. The molecule has 39 heavy (non-hydrogen) atoms. The van der Waals surface area contributed by atoms with Crippen molar-refractivity contribution in [3.8, 4) is 0 Å². The predicted molar refractivity (Wildman–Crippen MR) is 159 cm³/mol. The number of hydrogen-bond donors (Lipinski definition) is 1. The molecule has 1 N–H and O–H groups in total. The summed E-state index contributed by atoms with van der Waals surface area (Å²) in [5.41, 5.74) is 0.979. The van der Waals surface area contributed by atoms with Gasteiger partial charge in [0.15, 0.2) is 0 Å². The fourth-order valence-electron chi connectivity index (χ4n) is 4.12. The molecular formula is C29H33BrClN3O4S. The van der Waals surface area contributed by atoms with Gasteiger partial charge in [0.05, 0.1) is 10.6 Å². The molecule has 0 heterocycles. The molecule has 0 radical (unpaired) electrons. The lowest BCUT2D eigenvalue weighted by Crippen LogP contribution is -2.52. The molecule has 3 aromatic rings. The number of nitrogens with one attached hydrogen (secondary N) is 1. The SMILES string of the molecule is CCCCNC(=O)[C@@H](CC)N(Cc1ccccc1Cl)C(=O)CN(c1cccc(Br)c1)S(=O)(=O)c1ccccc1. The Bertz CT molecular complexity index is 1370. The number of carbonyl (C=O) groups excluding carboxylic acids is 2. The highest BCUT2D eigenvalue weighted by Gasteiger charge is 2.33. The molecule has 0 saturated heterocycles. The third-order valence-corrected chi connectivity index (χ3v) is 8.87. The number of carbonyl (C=O) groups is 2.